The maximum absolute atomic E-state index is 10.8. The van der Waals surface area contributed by atoms with Crippen LogP contribution < -0.4 is 4.90 Å². The molecule has 0 fully saturated rings. The van der Waals surface area contributed by atoms with E-state index < -0.39 is 4.92 Å². The highest BCUT2D eigenvalue weighted by Crippen LogP contribution is 2.26. The zero-order valence-electron chi connectivity index (χ0n) is 9.54. The van der Waals surface area contributed by atoms with E-state index in [9.17, 15) is 10.1 Å². The van der Waals surface area contributed by atoms with Gasteiger partial charge in [0.15, 0.2) is 0 Å². The Morgan fingerprint density at radius 3 is 2.75 bits per heavy atom. The van der Waals surface area contributed by atoms with Crippen LogP contribution in [0.15, 0.2) is 12.1 Å². The van der Waals surface area contributed by atoms with E-state index >= 15 is 0 Å². The minimum absolute atomic E-state index is 0.0478. The molecular weight excluding hydrogens is 210 g/mol. The van der Waals surface area contributed by atoms with Gasteiger partial charge in [-0.2, -0.15) is 0 Å². The van der Waals surface area contributed by atoms with Crippen LogP contribution in [-0.4, -0.2) is 34.7 Å². The first-order chi connectivity index (χ1) is 7.47. The molecule has 0 saturated heterocycles. The molecule has 88 valence electrons. The second-order valence-corrected chi connectivity index (χ2v) is 3.69. The lowest BCUT2D eigenvalue weighted by Crippen LogP contribution is -2.33. The summed E-state index contributed by atoms with van der Waals surface area (Å²) in [6.07, 6.45) is 0. The van der Waals surface area contributed by atoms with E-state index in [-0.39, 0.29) is 24.2 Å². The Morgan fingerprint density at radius 1 is 1.62 bits per heavy atom. The summed E-state index contributed by atoms with van der Waals surface area (Å²) in [5, 5.41) is 19.9. The summed E-state index contributed by atoms with van der Waals surface area (Å²) >= 11 is 0. The van der Waals surface area contributed by atoms with Gasteiger partial charge in [0.05, 0.1) is 17.6 Å². The summed E-state index contributed by atoms with van der Waals surface area (Å²) in [7, 11) is 1.68. The van der Waals surface area contributed by atoms with Crippen molar-refractivity contribution in [2.75, 3.05) is 18.6 Å². The van der Waals surface area contributed by atoms with Gasteiger partial charge in [-0.3, -0.25) is 10.1 Å². The number of nitro groups is 1. The molecule has 1 heterocycles. The van der Waals surface area contributed by atoms with Crippen LogP contribution >= 0.6 is 0 Å². The van der Waals surface area contributed by atoms with Gasteiger partial charge in [-0.15, -0.1) is 0 Å². The lowest BCUT2D eigenvalue weighted by molar-refractivity contribution is -0.384. The molecule has 0 amide bonds. The number of pyridine rings is 1. The van der Waals surface area contributed by atoms with Gasteiger partial charge in [0, 0.05) is 18.8 Å². The van der Waals surface area contributed by atoms with E-state index in [1.165, 1.54) is 6.07 Å². The smallest absolute Gasteiger partial charge is 0.311 e. The van der Waals surface area contributed by atoms with Crippen LogP contribution in [0.1, 0.15) is 12.6 Å². The molecule has 1 aromatic rings. The average Bonchev–Trinajstić information content (AvgIpc) is 2.26. The Kier molecular flexibility index (Phi) is 3.78. The number of aryl methyl sites for hydroxylation is 1. The normalized spacial score (nSPS) is 12.2. The zero-order chi connectivity index (χ0) is 12.3. The van der Waals surface area contributed by atoms with E-state index in [4.69, 9.17) is 5.11 Å². The first-order valence-electron chi connectivity index (χ1n) is 4.93. The molecule has 0 spiro atoms. The largest absolute Gasteiger partial charge is 0.394 e. The number of hydrogen-bond acceptors (Lipinski definition) is 5. The molecule has 6 nitrogen and oxygen atoms in total. The van der Waals surface area contributed by atoms with Crippen molar-refractivity contribution in [1.29, 1.82) is 0 Å². The highest BCUT2D eigenvalue weighted by molar-refractivity contribution is 5.58. The topological polar surface area (TPSA) is 79.5 Å². The monoisotopic (exact) mass is 225 g/mol. The van der Waals surface area contributed by atoms with Crippen molar-refractivity contribution in [2.45, 2.75) is 19.9 Å². The summed E-state index contributed by atoms with van der Waals surface area (Å²) in [5.41, 5.74) is 0.658. The Bertz CT molecular complexity index is 395. The lowest BCUT2D eigenvalue weighted by atomic mass is 10.2. The summed E-state index contributed by atoms with van der Waals surface area (Å²) in [4.78, 5) is 16.1. The number of anilines is 1. The van der Waals surface area contributed by atoms with Gasteiger partial charge in [-0.1, -0.05) is 0 Å². The Hall–Kier alpha value is -1.69. The van der Waals surface area contributed by atoms with Crippen molar-refractivity contribution in [3.05, 3.63) is 27.9 Å². The Balaban J connectivity index is 3.19. The summed E-state index contributed by atoms with van der Waals surface area (Å²) in [6.45, 7) is 3.46. The number of nitrogens with zero attached hydrogens (tertiary/aromatic N) is 3. The SMILES string of the molecule is Cc1ccc([N+](=O)[O-])c(N(C)C(C)CO)n1. The molecular formula is C10H15N3O3. The predicted molar refractivity (Wildman–Crippen MR) is 60.6 cm³/mol. The van der Waals surface area contributed by atoms with E-state index in [0.29, 0.717) is 5.69 Å². The molecule has 6 heteroatoms. The van der Waals surface area contributed by atoms with Crippen molar-refractivity contribution in [3.8, 4) is 0 Å². The van der Waals surface area contributed by atoms with Crippen LogP contribution in [0.3, 0.4) is 0 Å². The van der Waals surface area contributed by atoms with Gasteiger partial charge in [0.1, 0.15) is 0 Å². The molecule has 0 aliphatic heterocycles. The van der Waals surface area contributed by atoms with E-state index in [1.54, 1.807) is 31.9 Å². The standard InChI is InChI=1S/C10H15N3O3/c1-7-4-5-9(13(15)16)10(11-7)12(3)8(2)6-14/h4-5,8,14H,6H2,1-3H3. The minimum Gasteiger partial charge on any atom is -0.394 e. The average molecular weight is 225 g/mol. The first-order valence-corrected chi connectivity index (χ1v) is 4.93. The third-order valence-electron chi connectivity index (χ3n) is 2.45. The number of aromatic nitrogens is 1. The minimum atomic E-state index is -0.470. The fourth-order valence-electron chi connectivity index (χ4n) is 1.27. The first kappa shape index (κ1) is 12.4. The van der Waals surface area contributed by atoms with Crippen molar-refractivity contribution in [3.63, 3.8) is 0 Å². The molecule has 0 aliphatic carbocycles. The number of rotatable bonds is 4. The molecule has 1 N–H and O–H groups in total. The van der Waals surface area contributed by atoms with E-state index in [1.807, 2.05) is 0 Å². The second-order valence-electron chi connectivity index (χ2n) is 3.69. The van der Waals surface area contributed by atoms with Crippen molar-refractivity contribution < 1.29 is 10.0 Å². The number of hydrogen-bond donors (Lipinski definition) is 1. The molecule has 1 aromatic heterocycles. The van der Waals surface area contributed by atoms with Crippen molar-refractivity contribution in [1.82, 2.24) is 4.98 Å². The molecule has 0 saturated carbocycles. The third-order valence-corrected chi connectivity index (χ3v) is 2.45. The molecule has 16 heavy (non-hydrogen) atoms. The van der Waals surface area contributed by atoms with E-state index in [2.05, 4.69) is 4.98 Å². The molecule has 1 rings (SSSR count). The van der Waals surface area contributed by atoms with Crippen LogP contribution in [-0.2, 0) is 0 Å². The predicted octanol–water partition coefficient (Wildman–Crippen LogP) is 1.12. The van der Waals surface area contributed by atoms with E-state index in [0.717, 1.165) is 0 Å². The molecule has 1 unspecified atom stereocenters. The van der Waals surface area contributed by atoms with Crippen LogP contribution in [0, 0.1) is 17.0 Å². The second kappa shape index (κ2) is 4.89. The fraction of sp³-hybridized carbons (Fsp3) is 0.500. The quantitative estimate of drug-likeness (QED) is 0.613. The molecule has 0 radical (unpaired) electrons. The maximum atomic E-state index is 10.8. The summed E-state index contributed by atoms with van der Waals surface area (Å²) in [5.74, 6) is 0.284. The third kappa shape index (κ3) is 2.46. The van der Waals surface area contributed by atoms with Crippen LogP contribution in [0.25, 0.3) is 0 Å². The van der Waals surface area contributed by atoms with Gasteiger partial charge in [-0.25, -0.2) is 4.98 Å². The van der Waals surface area contributed by atoms with Crippen LogP contribution in [0.2, 0.25) is 0 Å². The Labute approximate surface area is 93.7 Å². The number of aliphatic hydroxyl groups excluding tert-OH is 1. The number of likely N-dealkylation sites (N-methyl/N-ethyl adjacent to an activating group) is 1. The molecule has 0 aliphatic rings. The van der Waals surface area contributed by atoms with Gasteiger partial charge < -0.3 is 10.0 Å². The van der Waals surface area contributed by atoms with Crippen molar-refractivity contribution >= 4 is 11.5 Å². The molecule has 1 atom stereocenters. The highest BCUT2D eigenvalue weighted by atomic mass is 16.6. The van der Waals surface area contributed by atoms with Gasteiger partial charge >= 0.3 is 5.69 Å². The molecule has 0 aromatic carbocycles. The fourth-order valence-corrected chi connectivity index (χ4v) is 1.27. The summed E-state index contributed by atoms with van der Waals surface area (Å²) in [6, 6.07) is 2.81. The van der Waals surface area contributed by atoms with Crippen LogP contribution in [0.5, 0.6) is 0 Å². The van der Waals surface area contributed by atoms with Gasteiger partial charge in [-0.05, 0) is 19.9 Å². The molecule has 0 bridgehead atoms. The van der Waals surface area contributed by atoms with Gasteiger partial charge in [0.2, 0.25) is 5.82 Å². The maximum Gasteiger partial charge on any atom is 0.311 e. The number of aliphatic hydroxyl groups is 1. The zero-order valence-corrected chi connectivity index (χ0v) is 9.54. The van der Waals surface area contributed by atoms with Gasteiger partial charge in [0.25, 0.3) is 0 Å². The highest BCUT2D eigenvalue weighted by Gasteiger charge is 2.21. The van der Waals surface area contributed by atoms with Crippen LogP contribution in [0.4, 0.5) is 11.5 Å². The Morgan fingerprint density at radius 2 is 2.25 bits per heavy atom. The summed E-state index contributed by atoms with van der Waals surface area (Å²) < 4.78 is 0. The van der Waals surface area contributed by atoms with Crippen molar-refractivity contribution in [2.24, 2.45) is 0 Å². The lowest BCUT2D eigenvalue weighted by Gasteiger charge is -2.23.